The second-order valence-electron chi connectivity index (χ2n) is 6.22. The van der Waals surface area contributed by atoms with E-state index in [0.717, 1.165) is 16.7 Å². The molecule has 4 nitrogen and oxygen atoms in total. The Labute approximate surface area is 151 Å². The van der Waals surface area contributed by atoms with Crippen LogP contribution in [0.2, 0.25) is 0 Å². The average Bonchev–Trinajstić information content (AvgIpc) is 2.95. The Balaban J connectivity index is 1.61. The maximum absolute atomic E-state index is 12.6. The molecule has 4 rings (SSSR count). The highest BCUT2D eigenvalue weighted by Crippen LogP contribution is 2.36. The van der Waals surface area contributed by atoms with E-state index in [0.29, 0.717) is 29.0 Å². The van der Waals surface area contributed by atoms with Crippen LogP contribution >= 0.6 is 0 Å². The first-order valence-electron chi connectivity index (χ1n) is 8.35. The molecule has 0 radical (unpaired) electrons. The van der Waals surface area contributed by atoms with Crippen molar-refractivity contribution < 1.29 is 14.3 Å². The largest absolute Gasteiger partial charge is 0.380 e. The molecule has 1 amide bonds. The number of ketones is 1. The highest BCUT2D eigenvalue weighted by molar-refractivity contribution is 6.22. The van der Waals surface area contributed by atoms with Crippen LogP contribution < -0.4 is 5.32 Å². The van der Waals surface area contributed by atoms with Crippen LogP contribution in [0.3, 0.4) is 0 Å². The molecule has 1 aliphatic carbocycles. The third-order valence-corrected chi connectivity index (χ3v) is 4.48. The molecule has 4 heteroatoms. The minimum absolute atomic E-state index is 0.0349. The lowest BCUT2D eigenvalue weighted by Gasteiger charge is -2.08. The summed E-state index contributed by atoms with van der Waals surface area (Å²) in [4.78, 5) is 25.2. The van der Waals surface area contributed by atoms with Crippen LogP contribution in [0, 0.1) is 0 Å². The quantitative estimate of drug-likeness (QED) is 0.601. The summed E-state index contributed by atoms with van der Waals surface area (Å²) in [5.74, 6) is -0.279. The average molecular weight is 343 g/mol. The van der Waals surface area contributed by atoms with E-state index < -0.39 is 0 Å². The van der Waals surface area contributed by atoms with E-state index in [-0.39, 0.29) is 11.7 Å². The van der Waals surface area contributed by atoms with E-state index >= 15 is 0 Å². The van der Waals surface area contributed by atoms with Gasteiger partial charge in [0.05, 0.1) is 6.61 Å². The minimum atomic E-state index is -0.244. The lowest BCUT2D eigenvalue weighted by atomic mass is 10.0. The fraction of sp³-hybridized carbons (Fsp3) is 0.0909. The molecular weight excluding hydrogens is 326 g/mol. The molecule has 0 saturated heterocycles. The highest BCUT2D eigenvalue weighted by atomic mass is 16.5. The smallest absolute Gasteiger partial charge is 0.255 e. The molecule has 0 fully saturated rings. The van der Waals surface area contributed by atoms with Gasteiger partial charge in [0.1, 0.15) is 0 Å². The van der Waals surface area contributed by atoms with Gasteiger partial charge in [-0.3, -0.25) is 9.59 Å². The molecule has 3 aromatic carbocycles. The number of benzene rings is 3. The van der Waals surface area contributed by atoms with Gasteiger partial charge in [-0.15, -0.1) is 0 Å². The van der Waals surface area contributed by atoms with E-state index in [1.54, 1.807) is 19.2 Å². The number of hydrogen-bond acceptors (Lipinski definition) is 3. The zero-order chi connectivity index (χ0) is 18.1. The lowest BCUT2D eigenvalue weighted by molar-refractivity contribution is 0.102. The van der Waals surface area contributed by atoms with E-state index in [1.807, 2.05) is 54.6 Å². The Bertz CT molecular complexity index is 1020. The van der Waals surface area contributed by atoms with Crippen molar-refractivity contribution in [3.05, 3.63) is 89.0 Å². The summed E-state index contributed by atoms with van der Waals surface area (Å²) in [5, 5.41) is 2.88. The number of methoxy groups -OCH3 is 1. The summed E-state index contributed by atoms with van der Waals surface area (Å²) < 4.78 is 5.12. The molecule has 26 heavy (non-hydrogen) atoms. The first-order valence-corrected chi connectivity index (χ1v) is 8.35. The van der Waals surface area contributed by atoms with Crippen molar-refractivity contribution in [1.29, 1.82) is 0 Å². The summed E-state index contributed by atoms with van der Waals surface area (Å²) in [6.07, 6.45) is 0. The number of anilines is 1. The number of fused-ring (bicyclic) bond motifs is 3. The molecule has 128 valence electrons. The summed E-state index contributed by atoms with van der Waals surface area (Å²) in [7, 11) is 1.63. The van der Waals surface area contributed by atoms with Crippen molar-refractivity contribution >= 4 is 17.4 Å². The van der Waals surface area contributed by atoms with Gasteiger partial charge in [0, 0.05) is 29.5 Å². The molecule has 1 N–H and O–H groups in total. The summed E-state index contributed by atoms with van der Waals surface area (Å²) in [5.41, 5.74) is 5.20. The summed E-state index contributed by atoms with van der Waals surface area (Å²) in [6.45, 7) is 0.481. The molecule has 0 aromatic heterocycles. The normalized spacial score (nSPS) is 11.8. The molecule has 0 heterocycles. The van der Waals surface area contributed by atoms with E-state index in [2.05, 4.69) is 5.32 Å². The molecule has 0 unspecified atom stereocenters. The molecule has 0 spiro atoms. The maximum atomic E-state index is 12.6. The Morgan fingerprint density at radius 3 is 2.46 bits per heavy atom. The predicted octanol–water partition coefficient (Wildman–Crippen LogP) is 4.30. The molecule has 0 atom stereocenters. The minimum Gasteiger partial charge on any atom is -0.380 e. The highest BCUT2D eigenvalue weighted by Gasteiger charge is 2.27. The number of rotatable bonds is 4. The van der Waals surface area contributed by atoms with Crippen LogP contribution in [0.5, 0.6) is 0 Å². The third-order valence-electron chi connectivity index (χ3n) is 4.48. The van der Waals surface area contributed by atoms with Gasteiger partial charge in [-0.05, 0) is 41.0 Å². The summed E-state index contributed by atoms with van der Waals surface area (Å²) in [6, 6.07) is 20.3. The summed E-state index contributed by atoms with van der Waals surface area (Å²) >= 11 is 0. The zero-order valence-electron chi connectivity index (χ0n) is 14.3. The van der Waals surface area contributed by atoms with Crippen molar-refractivity contribution in [2.75, 3.05) is 12.4 Å². The maximum Gasteiger partial charge on any atom is 0.255 e. The predicted molar refractivity (Wildman–Crippen MR) is 100 cm³/mol. The zero-order valence-corrected chi connectivity index (χ0v) is 14.3. The first kappa shape index (κ1) is 16.2. The van der Waals surface area contributed by atoms with Crippen molar-refractivity contribution in [3.63, 3.8) is 0 Å². The van der Waals surface area contributed by atoms with Crippen molar-refractivity contribution in [3.8, 4) is 11.1 Å². The third kappa shape index (κ3) is 2.80. The Morgan fingerprint density at radius 1 is 0.885 bits per heavy atom. The van der Waals surface area contributed by atoms with Crippen LogP contribution in [0.1, 0.15) is 31.8 Å². The van der Waals surface area contributed by atoms with Gasteiger partial charge in [0.25, 0.3) is 5.91 Å². The number of nitrogens with one attached hydrogen (secondary N) is 1. The van der Waals surface area contributed by atoms with E-state index in [1.165, 1.54) is 0 Å². The Morgan fingerprint density at radius 2 is 1.65 bits per heavy atom. The van der Waals surface area contributed by atoms with Crippen LogP contribution in [-0.4, -0.2) is 18.8 Å². The second-order valence-corrected chi connectivity index (χ2v) is 6.22. The SMILES string of the molecule is COCc1cccc(NC(=O)c2ccc3c(c2)C(=O)c2ccccc2-3)c1. The van der Waals surface area contributed by atoms with Gasteiger partial charge in [-0.2, -0.15) is 0 Å². The topological polar surface area (TPSA) is 55.4 Å². The Hall–Kier alpha value is -3.24. The van der Waals surface area contributed by atoms with Gasteiger partial charge in [0.2, 0.25) is 0 Å². The first-order chi connectivity index (χ1) is 12.7. The monoisotopic (exact) mass is 343 g/mol. The fourth-order valence-electron chi connectivity index (χ4n) is 3.28. The molecule has 3 aromatic rings. The van der Waals surface area contributed by atoms with Gasteiger partial charge < -0.3 is 10.1 Å². The van der Waals surface area contributed by atoms with Crippen molar-refractivity contribution in [2.24, 2.45) is 0 Å². The molecule has 1 aliphatic rings. The number of hydrogen-bond donors (Lipinski definition) is 1. The molecule has 0 saturated carbocycles. The number of amides is 1. The van der Waals surface area contributed by atoms with Crippen LogP contribution in [0.15, 0.2) is 66.7 Å². The standard InChI is InChI=1S/C22H17NO3/c1-26-13-14-5-4-6-16(11-14)23-22(25)15-9-10-18-17-7-2-3-8-19(17)21(24)20(18)12-15/h2-12H,13H2,1H3,(H,23,25). The lowest BCUT2D eigenvalue weighted by Crippen LogP contribution is -2.12. The van der Waals surface area contributed by atoms with Crippen molar-refractivity contribution in [1.82, 2.24) is 0 Å². The molecule has 0 bridgehead atoms. The fourth-order valence-corrected chi connectivity index (χ4v) is 3.28. The van der Waals surface area contributed by atoms with Gasteiger partial charge in [-0.1, -0.05) is 42.5 Å². The molecular formula is C22H17NO3. The second kappa shape index (κ2) is 6.58. The number of carbonyl (C=O) groups excluding carboxylic acids is 2. The van der Waals surface area contributed by atoms with Crippen LogP contribution in [0.25, 0.3) is 11.1 Å². The van der Waals surface area contributed by atoms with Gasteiger partial charge in [-0.25, -0.2) is 0 Å². The molecule has 0 aliphatic heterocycles. The van der Waals surface area contributed by atoms with E-state index in [4.69, 9.17) is 4.74 Å². The Kier molecular flexibility index (Phi) is 4.11. The number of carbonyl (C=O) groups is 2. The van der Waals surface area contributed by atoms with Crippen LogP contribution in [0.4, 0.5) is 5.69 Å². The van der Waals surface area contributed by atoms with Crippen molar-refractivity contribution in [2.45, 2.75) is 6.61 Å². The van der Waals surface area contributed by atoms with Crippen LogP contribution in [-0.2, 0) is 11.3 Å². The number of ether oxygens (including phenoxy) is 1. The van der Waals surface area contributed by atoms with E-state index in [9.17, 15) is 9.59 Å². The van der Waals surface area contributed by atoms with Gasteiger partial charge >= 0.3 is 0 Å². The van der Waals surface area contributed by atoms with Gasteiger partial charge in [0.15, 0.2) is 5.78 Å².